The molecule has 35 heavy (non-hydrogen) atoms. The van der Waals surface area contributed by atoms with Crippen LogP contribution in [-0.4, -0.2) is 92.8 Å². The Morgan fingerprint density at radius 2 is 1.86 bits per heavy atom. The fourth-order valence-electron chi connectivity index (χ4n) is 4.60. The van der Waals surface area contributed by atoms with Crippen molar-refractivity contribution in [2.24, 2.45) is 5.92 Å². The summed E-state index contributed by atoms with van der Waals surface area (Å²) in [4.78, 5) is 40.9. The van der Waals surface area contributed by atoms with Gasteiger partial charge in [-0.15, -0.1) is 0 Å². The molecule has 1 atom stereocenters. The van der Waals surface area contributed by atoms with E-state index in [1.165, 1.54) is 0 Å². The summed E-state index contributed by atoms with van der Waals surface area (Å²) in [6.45, 7) is 12.0. The number of morpholine rings is 1. The Kier molecular flexibility index (Phi) is 6.37. The quantitative estimate of drug-likeness (QED) is 0.510. The summed E-state index contributed by atoms with van der Waals surface area (Å²) in [6, 6.07) is 0.146. The minimum Gasteiger partial charge on any atom is -0.377 e. The van der Waals surface area contributed by atoms with Crippen molar-refractivity contribution in [2.45, 2.75) is 33.4 Å². The lowest BCUT2D eigenvalue weighted by Crippen LogP contribution is -2.46. The van der Waals surface area contributed by atoms with E-state index in [1.54, 1.807) is 17.3 Å². The van der Waals surface area contributed by atoms with E-state index < -0.39 is 0 Å². The molecule has 0 radical (unpaired) electrons. The van der Waals surface area contributed by atoms with E-state index in [2.05, 4.69) is 45.1 Å². The number of carbonyl (C=O) groups excluding carboxylic acids is 1. The minimum atomic E-state index is 0.146. The molecule has 0 saturated carbocycles. The van der Waals surface area contributed by atoms with Crippen LogP contribution in [0.15, 0.2) is 12.4 Å². The molecule has 2 aliphatic heterocycles. The van der Waals surface area contributed by atoms with Gasteiger partial charge in [-0.25, -0.2) is 24.9 Å². The zero-order chi connectivity index (χ0) is 24.5. The first-order chi connectivity index (χ1) is 16.9. The molecule has 5 rings (SSSR count). The zero-order valence-corrected chi connectivity index (χ0v) is 20.5. The summed E-state index contributed by atoms with van der Waals surface area (Å²) in [5.74, 6) is 2.77. The Morgan fingerprint density at radius 1 is 1.11 bits per heavy atom. The first kappa shape index (κ1) is 23.2. The average Bonchev–Trinajstić information content (AvgIpc) is 3.22. The molecule has 0 aromatic carbocycles. The standard InChI is InChI=1S/C23H32N10O2/c1-15(2)12-33-21-18(27-23(33)31-6-4-30(14-34)5-7-31)20(32-8-9-35-13-16(32)3)28-19(29-21)17-10-25-22(24)26-11-17/h10-11,14-16H,4-9,12-13H2,1-3H3,(H2,24,25,26)/t16-/m0/s1. The maximum absolute atomic E-state index is 11.2. The monoisotopic (exact) mass is 480 g/mol. The lowest BCUT2D eigenvalue weighted by atomic mass is 10.2. The van der Waals surface area contributed by atoms with Gasteiger partial charge in [-0.2, -0.15) is 0 Å². The molecule has 2 fully saturated rings. The highest BCUT2D eigenvalue weighted by Crippen LogP contribution is 2.33. The van der Waals surface area contributed by atoms with Crippen molar-refractivity contribution in [1.82, 2.24) is 34.4 Å². The fourth-order valence-corrected chi connectivity index (χ4v) is 4.60. The maximum atomic E-state index is 11.2. The SMILES string of the molecule is CC(C)Cn1c(N2CCN(C=O)CC2)nc2c(N3CCOC[C@@H]3C)nc(-c3cnc(N)nc3)nc21. The average molecular weight is 481 g/mol. The van der Waals surface area contributed by atoms with Gasteiger partial charge in [0, 0.05) is 51.7 Å². The van der Waals surface area contributed by atoms with Gasteiger partial charge in [0.05, 0.1) is 24.8 Å². The van der Waals surface area contributed by atoms with Crippen molar-refractivity contribution in [3.63, 3.8) is 0 Å². The van der Waals surface area contributed by atoms with Crippen molar-refractivity contribution in [1.29, 1.82) is 0 Å². The highest BCUT2D eigenvalue weighted by atomic mass is 16.5. The molecule has 0 aliphatic carbocycles. The highest BCUT2D eigenvalue weighted by molar-refractivity contribution is 5.88. The lowest BCUT2D eigenvalue weighted by molar-refractivity contribution is -0.118. The van der Waals surface area contributed by atoms with Crippen LogP contribution in [0.3, 0.4) is 0 Å². The molecule has 2 N–H and O–H groups in total. The van der Waals surface area contributed by atoms with Crippen LogP contribution in [0.1, 0.15) is 20.8 Å². The second kappa shape index (κ2) is 9.61. The summed E-state index contributed by atoms with van der Waals surface area (Å²) < 4.78 is 7.87. The molecular weight excluding hydrogens is 448 g/mol. The highest BCUT2D eigenvalue weighted by Gasteiger charge is 2.29. The molecular formula is C23H32N10O2. The smallest absolute Gasteiger partial charge is 0.219 e. The third kappa shape index (κ3) is 4.57. The molecule has 3 aromatic rings. The number of piperazine rings is 1. The van der Waals surface area contributed by atoms with Gasteiger partial charge in [-0.05, 0) is 12.8 Å². The van der Waals surface area contributed by atoms with Gasteiger partial charge in [-0.3, -0.25) is 9.36 Å². The van der Waals surface area contributed by atoms with E-state index in [-0.39, 0.29) is 12.0 Å². The Hall–Kier alpha value is -3.54. The predicted molar refractivity (Wildman–Crippen MR) is 133 cm³/mol. The van der Waals surface area contributed by atoms with Gasteiger partial charge in [0.2, 0.25) is 18.3 Å². The van der Waals surface area contributed by atoms with Crippen LogP contribution in [0.25, 0.3) is 22.6 Å². The number of nitrogens with zero attached hydrogens (tertiary/aromatic N) is 9. The van der Waals surface area contributed by atoms with Gasteiger partial charge >= 0.3 is 0 Å². The summed E-state index contributed by atoms with van der Waals surface area (Å²) in [6.07, 6.45) is 4.22. The van der Waals surface area contributed by atoms with E-state index in [0.717, 1.165) is 55.5 Å². The number of imidazole rings is 1. The molecule has 12 heteroatoms. The first-order valence-corrected chi connectivity index (χ1v) is 12.1. The second-order valence-corrected chi connectivity index (χ2v) is 9.53. The van der Waals surface area contributed by atoms with Crippen LogP contribution in [0, 0.1) is 5.92 Å². The molecule has 0 bridgehead atoms. The molecule has 2 aliphatic rings. The van der Waals surface area contributed by atoms with Gasteiger partial charge < -0.3 is 25.2 Å². The fraction of sp³-hybridized carbons (Fsp3) is 0.565. The second-order valence-electron chi connectivity index (χ2n) is 9.53. The molecule has 0 spiro atoms. The van der Waals surface area contributed by atoms with E-state index >= 15 is 0 Å². The minimum absolute atomic E-state index is 0.146. The number of ether oxygens (including phenoxy) is 1. The van der Waals surface area contributed by atoms with Gasteiger partial charge in [-0.1, -0.05) is 13.8 Å². The van der Waals surface area contributed by atoms with Crippen molar-refractivity contribution < 1.29 is 9.53 Å². The lowest BCUT2D eigenvalue weighted by Gasteiger charge is -2.34. The number of fused-ring (bicyclic) bond motifs is 1. The van der Waals surface area contributed by atoms with E-state index in [4.69, 9.17) is 25.4 Å². The Balaban J connectivity index is 1.69. The maximum Gasteiger partial charge on any atom is 0.219 e. The third-order valence-corrected chi connectivity index (χ3v) is 6.42. The number of anilines is 3. The normalized spacial score (nSPS) is 19.1. The number of hydrogen-bond donors (Lipinski definition) is 1. The van der Waals surface area contributed by atoms with Gasteiger partial charge in [0.1, 0.15) is 0 Å². The van der Waals surface area contributed by atoms with Gasteiger partial charge in [0.15, 0.2) is 22.8 Å². The summed E-state index contributed by atoms with van der Waals surface area (Å²) in [7, 11) is 0. The number of carbonyl (C=O) groups is 1. The van der Waals surface area contributed by atoms with Crippen LogP contribution in [0.4, 0.5) is 17.7 Å². The summed E-state index contributed by atoms with van der Waals surface area (Å²) in [5, 5.41) is 0. The summed E-state index contributed by atoms with van der Waals surface area (Å²) in [5.41, 5.74) is 7.96. The molecule has 5 heterocycles. The molecule has 0 unspecified atom stereocenters. The number of nitrogens with two attached hydrogens (primary N) is 1. The molecule has 186 valence electrons. The van der Waals surface area contributed by atoms with Crippen molar-refractivity contribution in [3.05, 3.63) is 12.4 Å². The van der Waals surface area contributed by atoms with E-state index in [0.29, 0.717) is 43.6 Å². The van der Waals surface area contributed by atoms with Crippen LogP contribution in [0.5, 0.6) is 0 Å². The topological polar surface area (TPSA) is 131 Å². The molecule has 2 saturated heterocycles. The summed E-state index contributed by atoms with van der Waals surface area (Å²) >= 11 is 0. The Bertz CT molecular complexity index is 1190. The number of aromatic nitrogens is 6. The van der Waals surface area contributed by atoms with Crippen molar-refractivity contribution >= 4 is 35.3 Å². The van der Waals surface area contributed by atoms with E-state index in [9.17, 15) is 4.79 Å². The molecule has 1 amide bonds. The van der Waals surface area contributed by atoms with E-state index in [1.807, 2.05) is 0 Å². The van der Waals surface area contributed by atoms with Gasteiger partial charge in [0.25, 0.3) is 0 Å². The zero-order valence-electron chi connectivity index (χ0n) is 20.5. The third-order valence-electron chi connectivity index (χ3n) is 6.42. The van der Waals surface area contributed by atoms with Crippen LogP contribution < -0.4 is 15.5 Å². The molecule has 3 aromatic heterocycles. The molecule has 12 nitrogen and oxygen atoms in total. The van der Waals surface area contributed by atoms with Crippen molar-refractivity contribution in [2.75, 3.05) is 61.5 Å². The first-order valence-electron chi connectivity index (χ1n) is 12.1. The van der Waals surface area contributed by atoms with Crippen LogP contribution >= 0.6 is 0 Å². The van der Waals surface area contributed by atoms with Crippen LogP contribution in [0.2, 0.25) is 0 Å². The number of hydrogen-bond acceptors (Lipinski definition) is 10. The predicted octanol–water partition coefficient (Wildman–Crippen LogP) is 1.03. The largest absolute Gasteiger partial charge is 0.377 e. The number of rotatable bonds is 6. The Morgan fingerprint density at radius 3 is 2.51 bits per heavy atom. The van der Waals surface area contributed by atoms with Crippen LogP contribution in [-0.2, 0) is 16.1 Å². The number of amides is 1. The number of nitrogen functional groups attached to an aromatic ring is 1. The Labute approximate surface area is 204 Å². The van der Waals surface area contributed by atoms with Crippen molar-refractivity contribution in [3.8, 4) is 11.4 Å².